The van der Waals surface area contributed by atoms with Gasteiger partial charge in [-0.1, -0.05) is 74.9 Å². The highest BCUT2D eigenvalue weighted by molar-refractivity contribution is 14.2. The van der Waals surface area contributed by atoms with Crippen LogP contribution in [0.25, 0.3) is 0 Å². The normalized spacial score (nSPS) is 24.8. The van der Waals surface area contributed by atoms with Crippen LogP contribution in [0.1, 0.15) is 75.3 Å². The first-order valence-electron chi connectivity index (χ1n) is 12.6. The van der Waals surface area contributed by atoms with E-state index in [4.69, 9.17) is 0 Å². The molecule has 2 spiro atoms. The number of anilines is 2. The summed E-state index contributed by atoms with van der Waals surface area (Å²) in [5.41, 5.74) is 8.25. The molecule has 0 saturated heterocycles. The van der Waals surface area contributed by atoms with Crippen LogP contribution in [0, 0.1) is 0 Å². The zero-order chi connectivity index (χ0) is 21.8. The number of likely N-dealkylation sites (N-methyl/N-ethyl adjacent to an activating group) is 1. The lowest BCUT2D eigenvalue weighted by Gasteiger charge is -2.45. The summed E-state index contributed by atoms with van der Waals surface area (Å²) in [7, 11) is 4.67. The largest absolute Gasteiger partial charge is 0.347 e. The van der Waals surface area contributed by atoms with Crippen LogP contribution in [-0.2, 0) is 10.8 Å². The maximum atomic E-state index is 2.75. The van der Waals surface area contributed by atoms with E-state index < -0.39 is 0 Å². The fourth-order valence-electron chi connectivity index (χ4n) is 7.16. The molecule has 2 saturated carbocycles. The van der Waals surface area contributed by atoms with Gasteiger partial charge in [0.25, 0.3) is 0 Å². The molecule has 0 N–H and O–H groups in total. The first-order valence-corrected chi connectivity index (χ1v) is 14.6. The molecule has 0 amide bonds. The fourth-order valence-corrected chi connectivity index (χ4v) is 10.3. The van der Waals surface area contributed by atoms with Crippen LogP contribution in [0.4, 0.5) is 11.4 Å². The molecule has 0 aromatic heterocycles. The molecule has 32 heavy (non-hydrogen) atoms. The van der Waals surface area contributed by atoms with Crippen molar-refractivity contribution >= 4 is 35.9 Å². The highest BCUT2D eigenvalue weighted by Gasteiger charge is 2.48. The molecule has 6 rings (SSSR count). The van der Waals surface area contributed by atoms with E-state index in [9.17, 15) is 0 Å². The maximum Gasteiger partial charge on any atom is 0.0491 e. The number of para-hydroxylation sites is 2. The van der Waals surface area contributed by atoms with Gasteiger partial charge in [-0.25, -0.2) is 0 Å². The number of hydrogen-bond acceptors (Lipinski definition) is 2. The number of halogens is 1. The van der Waals surface area contributed by atoms with E-state index in [-0.39, 0.29) is 31.8 Å². The smallest absolute Gasteiger partial charge is 0.0491 e. The molecule has 2 heterocycles. The zero-order valence-electron chi connectivity index (χ0n) is 19.5. The Morgan fingerprint density at radius 3 is 1.88 bits per heavy atom. The molecular formula is C29H35IN2. The van der Waals surface area contributed by atoms with E-state index >= 15 is 0 Å². The van der Waals surface area contributed by atoms with Gasteiger partial charge < -0.3 is 8.01 Å². The minimum absolute atomic E-state index is 0.184. The number of nitrogens with zero attached hydrogens (tertiary/aromatic N) is 2. The van der Waals surface area contributed by atoms with Crippen molar-refractivity contribution < 1.29 is 0 Å². The summed E-state index contributed by atoms with van der Waals surface area (Å²) in [6.07, 6.45) is 16.3. The standard InChI is InChI=1S/C29H35IN2/c1-31-24-15-7-5-13-22(24)29(19-11-4-12-20-29)27(31)21-26-28(17-9-3-10-18-28)23-14-6-8-16-25(23)32(2)30-26/h5-8,13-16,21H,3-4,9-12,17-20H2,1-2H3. The molecule has 2 aliphatic carbocycles. The summed E-state index contributed by atoms with van der Waals surface area (Å²) in [6, 6.07) is 18.6. The van der Waals surface area contributed by atoms with Crippen LogP contribution < -0.4 is 8.01 Å². The molecule has 2 aliphatic heterocycles. The zero-order valence-corrected chi connectivity index (χ0v) is 21.7. The Hall–Kier alpha value is -1.62. The first-order chi connectivity index (χ1) is 15.7. The van der Waals surface area contributed by atoms with Crippen molar-refractivity contribution in [3.63, 3.8) is 0 Å². The third-order valence-electron chi connectivity index (χ3n) is 8.74. The summed E-state index contributed by atoms with van der Waals surface area (Å²) < 4.78 is 4.38. The van der Waals surface area contributed by atoms with Gasteiger partial charge in [0.05, 0.1) is 0 Å². The number of allylic oxidation sites excluding steroid dienone is 2. The molecule has 2 nitrogen and oxygen atoms in total. The SMILES string of the molecule is CN1I=C(C=C2N(C)c3ccccc3C23CCCCC3)C2(CCCCC2)c2ccccc21. The van der Waals surface area contributed by atoms with Gasteiger partial charge in [-0.2, -0.15) is 0 Å². The molecule has 0 atom stereocenters. The van der Waals surface area contributed by atoms with E-state index in [0.29, 0.717) is 0 Å². The predicted molar refractivity (Wildman–Crippen MR) is 146 cm³/mol. The Balaban J connectivity index is 1.54. The minimum Gasteiger partial charge on any atom is -0.347 e. The summed E-state index contributed by atoms with van der Waals surface area (Å²) in [6.45, 7) is 0. The lowest BCUT2D eigenvalue weighted by Crippen LogP contribution is -2.41. The van der Waals surface area contributed by atoms with Crippen LogP contribution in [0.3, 0.4) is 0 Å². The van der Waals surface area contributed by atoms with Crippen molar-refractivity contribution in [2.45, 2.75) is 75.0 Å². The Kier molecular flexibility index (Phi) is 5.24. The monoisotopic (exact) mass is 538 g/mol. The van der Waals surface area contributed by atoms with Crippen LogP contribution in [0.5, 0.6) is 0 Å². The van der Waals surface area contributed by atoms with Gasteiger partial charge in [0.2, 0.25) is 0 Å². The second-order valence-corrected chi connectivity index (χ2v) is 13.4. The fraction of sp³-hybridized carbons (Fsp3) is 0.483. The second-order valence-electron chi connectivity index (χ2n) is 10.3. The molecule has 3 heteroatoms. The Labute approximate surface area is 203 Å². The lowest BCUT2D eigenvalue weighted by molar-refractivity contribution is 0.346. The number of fused-ring (bicyclic) bond motifs is 4. The van der Waals surface area contributed by atoms with Gasteiger partial charge in [0, 0.05) is 66.5 Å². The van der Waals surface area contributed by atoms with Gasteiger partial charge >= 0.3 is 0 Å². The highest BCUT2D eigenvalue weighted by Crippen LogP contribution is 2.56. The van der Waals surface area contributed by atoms with Crippen molar-refractivity contribution in [3.8, 4) is 0 Å². The van der Waals surface area contributed by atoms with Crippen molar-refractivity contribution in [2.24, 2.45) is 0 Å². The van der Waals surface area contributed by atoms with Gasteiger partial charge in [-0.05, 0) is 55.0 Å². The lowest BCUT2D eigenvalue weighted by atomic mass is 9.65. The molecule has 168 valence electrons. The molecular weight excluding hydrogens is 503 g/mol. The Morgan fingerprint density at radius 1 is 0.688 bits per heavy atom. The second kappa shape index (κ2) is 8.00. The summed E-state index contributed by atoms with van der Waals surface area (Å²) in [5.74, 6) is 0. The van der Waals surface area contributed by atoms with Gasteiger partial charge in [-0.3, -0.25) is 0 Å². The molecule has 0 unspecified atom stereocenters. The van der Waals surface area contributed by atoms with E-state index in [1.54, 1.807) is 20.3 Å². The molecule has 2 aromatic rings. The minimum atomic E-state index is -0.184. The van der Waals surface area contributed by atoms with Gasteiger partial charge in [0.1, 0.15) is 0 Å². The summed E-state index contributed by atoms with van der Waals surface area (Å²) in [5, 5.41) is 0. The van der Waals surface area contributed by atoms with Gasteiger partial charge in [0.15, 0.2) is 0 Å². The quantitative estimate of drug-likeness (QED) is 0.272. The molecule has 0 radical (unpaired) electrons. The van der Waals surface area contributed by atoms with Crippen LogP contribution in [0.2, 0.25) is 0 Å². The third kappa shape index (κ3) is 2.99. The van der Waals surface area contributed by atoms with Crippen LogP contribution in [0.15, 0.2) is 60.3 Å². The highest BCUT2D eigenvalue weighted by atomic mass is 127. The van der Waals surface area contributed by atoms with Crippen LogP contribution in [-0.4, -0.2) is 17.6 Å². The number of hydrogen-bond donors (Lipinski definition) is 0. The van der Waals surface area contributed by atoms with E-state index in [1.807, 2.05) is 0 Å². The van der Waals surface area contributed by atoms with E-state index in [2.05, 4.69) is 76.7 Å². The third-order valence-corrected chi connectivity index (χ3v) is 11.8. The number of benzene rings is 2. The van der Waals surface area contributed by atoms with Crippen molar-refractivity contribution in [3.05, 3.63) is 71.4 Å². The topological polar surface area (TPSA) is 6.48 Å². The summed E-state index contributed by atoms with van der Waals surface area (Å²) in [4.78, 5) is 2.56. The maximum absolute atomic E-state index is 2.75. The van der Waals surface area contributed by atoms with Crippen molar-refractivity contribution in [2.75, 3.05) is 22.1 Å². The molecule has 0 bridgehead atoms. The molecule has 2 aromatic carbocycles. The summed E-state index contributed by atoms with van der Waals surface area (Å²) >= 11 is -0.184. The van der Waals surface area contributed by atoms with E-state index in [1.165, 1.54) is 75.6 Å². The van der Waals surface area contributed by atoms with Gasteiger partial charge in [-0.15, -0.1) is 0 Å². The average molecular weight is 539 g/mol. The Morgan fingerprint density at radius 2 is 1.22 bits per heavy atom. The van der Waals surface area contributed by atoms with Crippen molar-refractivity contribution in [1.29, 1.82) is 0 Å². The van der Waals surface area contributed by atoms with Crippen molar-refractivity contribution in [1.82, 2.24) is 0 Å². The Bertz CT molecular complexity index is 1090. The average Bonchev–Trinajstić information content (AvgIpc) is 3.06. The molecule has 2 fully saturated rings. The molecule has 4 aliphatic rings. The van der Waals surface area contributed by atoms with Crippen LogP contribution >= 0.6 is 21.0 Å². The first kappa shape index (κ1) is 20.9. The van der Waals surface area contributed by atoms with E-state index in [0.717, 1.165) is 0 Å². The predicted octanol–water partition coefficient (Wildman–Crippen LogP) is 7.63. The number of rotatable bonds is 1.